The first-order chi connectivity index (χ1) is 14.1. The minimum atomic E-state index is -0.465. The Morgan fingerprint density at radius 1 is 1.00 bits per heavy atom. The lowest BCUT2D eigenvalue weighted by molar-refractivity contribution is -0.147. The van der Waals surface area contributed by atoms with Gasteiger partial charge >= 0.3 is 5.97 Å². The second-order valence-corrected chi connectivity index (χ2v) is 6.27. The lowest BCUT2D eigenvalue weighted by Gasteiger charge is -2.12. The highest BCUT2D eigenvalue weighted by Crippen LogP contribution is 2.28. The van der Waals surface area contributed by atoms with E-state index in [0.29, 0.717) is 23.6 Å². The Bertz CT molecular complexity index is 1020. The molecule has 0 aliphatic heterocycles. The molecule has 0 fully saturated rings. The molecule has 0 bridgehead atoms. The summed E-state index contributed by atoms with van der Waals surface area (Å²) in [5.74, 6) is 0.121. The van der Waals surface area contributed by atoms with E-state index in [9.17, 15) is 9.59 Å². The molecule has 1 N–H and O–H groups in total. The van der Waals surface area contributed by atoms with Crippen LogP contribution in [-0.4, -0.2) is 37.7 Å². The number of carbonyl (C=O) groups excluding carboxylic acids is 2. The molecule has 7 heteroatoms. The van der Waals surface area contributed by atoms with Crippen LogP contribution in [0.1, 0.15) is 12.1 Å². The fourth-order valence-corrected chi connectivity index (χ4v) is 2.79. The highest BCUT2D eigenvalue weighted by Gasteiger charge is 2.12. The van der Waals surface area contributed by atoms with E-state index in [1.54, 1.807) is 18.2 Å². The molecule has 0 radical (unpaired) electrons. The van der Waals surface area contributed by atoms with Gasteiger partial charge in [-0.25, -0.2) is 0 Å². The smallest absolute Gasteiger partial charge is 0.306 e. The maximum atomic E-state index is 12.1. The van der Waals surface area contributed by atoms with Crippen LogP contribution in [0.25, 0.3) is 10.9 Å². The van der Waals surface area contributed by atoms with Crippen molar-refractivity contribution < 1.29 is 23.8 Å². The maximum absolute atomic E-state index is 12.1. The van der Waals surface area contributed by atoms with Gasteiger partial charge in [0.2, 0.25) is 0 Å². The van der Waals surface area contributed by atoms with Gasteiger partial charge in [-0.1, -0.05) is 24.3 Å². The number of anilines is 1. The lowest BCUT2D eigenvalue weighted by Crippen LogP contribution is -2.21. The number of esters is 1. The van der Waals surface area contributed by atoms with E-state index < -0.39 is 11.9 Å². The molecular formula is C22H22N2O5. The normalized spacial score (nSPS) is 10.4. The van der Waals surface area contributed by atoms with E-state index in [0.717, 1.165) is 16.6 Å². The molecule has 2 aromatic carbocycles. The number of aryl methyl sites for hydroxylation is 1. The molecule has 0 aliphatic carbocycles. The largest absolute Gasteiger partial charge is 0.497 e. The van der Waals surface area contributed by atoms with Crippen LogP contribution in [0.5, 0.6) is 11.5 Å². The van der Waals surface area contributed by atoms with E-state index in [4.69, 9.17) is 14.2 Å². The molecule has 29 heavy (non-hydrogen) atoms. The molecule has 3 aromatic rings. The van der Waals surface area contributed by atoms with Crippen molar-refractivity contribution in [2.45, 2.75) is 12.8 Å². The number of para-hydroxylation sites is 1. The Morgan fingerprint density at radius 3 is 2.62 bits per heavy atom. The molecule has 3 rings (SSSR count). The lowest BCUT2D eigenvalue weighted by atomic mass is 10.1. The van der Waals surface area contributed by atoms with E-state index in [-0.39, 0.29) is 13.0 Å². The van der Waals surface area contributed by atoms with Gasteiger partial charge in [0.25, 0.3) is 5.91 Å². The Labute approximate surface area is 168 Å². The van der Waals surface area contributed by atoms with Crippen molar-refractivity contribution in [2.24, 2.45) is 0 Å². The summed E-state index contributed by atoms with van der Waals surface area (Å²) in [6, 6.07) is 16.7. The number of carbonyl (C=O) groups is 2. The topological polar surface area (TPSA) is 86.8 Å². The molecule has 0 saturated carbocycles. The van der Waals surface area contributed by atoms with Gasteiger partial charge in [0.15, 0.2) is 6.61 Å². The summed E-state index contributed by atoms with van der Waals surface area (Å²) >= 11 is 0. The minimum absolute atomic E-state index is 0.140. The number of hydrogen-bond donors (Lipinski definition) is 1. The van der Waals surface area contributed by atoms with Gasteiger partial charge in [-0.05, 0) is 24.3 Å². The zero-order valence-corrected chi connectivity index (χ0v) is 16.3. The van der Waals surface area contributed by atoms with Gasteiger partial charge < -0.3 is 19.5 Å². The number of nitrogens with one attached hydrogen (secondary N) is 1. The second kappa shape index (κ2) is 9.54. The van der Waals surface area contributed by atoms with Crippen LogP contribution >= 0.6 is 0 Å². The molecule has 0 atom stereocenters. The van der Waals surface area contributed by atoms with Crippen LogP contribution in [-0.2, 0) is 20.7 Å². The summed E-state index contributed by atoms with van der Waals surface area (Å²) in [4.78, 5) is 28.6. The van der Waals surface area contributed by atoms with Crippen molar-refractivity contribution in [1.82, 2.24) is 4.98 Å². The molecule has 150 valence electrons. The summed E-state index contributed by atoms with van der Waals surface area (Å²) in [6.45, 7) is -0.385. The van der Waals surface area contributed by atoms with Gasteiger partial charge in [-0.15, -0.1) is 0 Å². The van der Waals surface area contributed by atoms with E-state index in [2.05, 4.69) is 10.3 Å². The highest BCUT2D eigenvalue weighted by atomic mass is 16.5. The molecule has 0 unspecified atom stereocenters. The summed E-state index contributed by atoms with van der Waals surface area (Å²) in [5.41, 5.74) is 2.12. The average molecular weight is 394 g/mol. The predicted octanol–water partition coefficient (Wildman–Crippen LogP) is 3.37. The zero-order valence-electron chi connectivity index (χ0n) is 16.3. The SMILES string of the molecule is COc1ccc(OC)c(NC(=O)COC(=O)CCc2ccc3ccccc3n2)c1. The fourth-order valence-electron chi connectivity index (χ4n) is 2.79. The van der Waals surface area contributed by atoms with Gasteiger partial charge in [0.05, 0.1) is 31.8 Å². The third-order valence-corrected chi connectivity index (χ3v) is 4.29. The van der Waals surface area contributed by atoms with Gasteiger partial charge in [0, 0.05) is 23.6 Å². The van der Waals surface area contributed by atoms with E-state index in [1.165, 1.54) is 14.2 Å². The van der Waals surface area contributed by atoms with E-state index >= 15 is 0 Å². The average Bonchev–Trinajstić information content (AvgIpc) is 2.76. The molecule has 0 spiro atoms. The van der Waals surface area contributed by atoms with Crippen molar-refractivity contribution in [2.75, 3.05) is 26.1 Å². The molecule has 1 heterocycles. The molecule has 7 nitrogen and oxygen atoms in total. The Kier molecular flexibility index (Phi) is 6.63. The van der Waals surface area contributed by atoms with Crippen molar-refractivity contribution in [1.29, 1.82) is 0 Å². The standard InChI is InChI=1S/C22H22N2O5/c1-27-17-10-11-20(28-2)19(13-17)24-21(25)14-29-22(26)12-9-16-8-7-15-5-3-4-6-18(15)23-16/h3-8,10-11,13H,9,12,14H2,1-2H3,(H,24,25). The number of ether oxygens (including phenoxy) is 3. The van der Waals surface area contributed by atoms with Crippen molar-refractivity contribution in [3.8, 4) is 11.5 Å². The fraction of sp³-hybridized carbons (Fsp3) is 0.227. The first-order valence-corrected chi connectivity index (χ1v) is 9.11. The molecule has 1 aromatic heterocycles. The van der Waals surface area contributed by atoms with Crippen LogP contribution in [0.4, 0.5) is 5.69 Å². The number of aromatic nitrogens is 1. The Balaban J connectivity index is 1.49. The number of rotatable bonds is 8. The summed E-state index contributed by atoms with van der Waals surface area (Å²) in [5, 5.41) is 3.70. The van der Waals surface area contributed by atoms with Crippen LogP contribution in [0, 0.1) is 0 Å². The number of pyridine rings is 1. The van der Waals surface area contributed by atoms with Crippen LogP contribution in [0.15, 0.2) is 54.6 Å². The van der Waals surface area contributed by atoms with Crippen LogP contribution < -0.4 is 14.8 Å². The number of methoxy groups -OCH3 is 2. The van der Waals surface area contributed by atoms with E-state index in [1.807, 2.05) is 36.4 Å². The Hall–Kier alpha value is -3.61. The number of benzene rings is 2. The number of fused-ring (bicyclic) bond motifs is 1. The van der Waals surface area contributed by atoms with Crippen molar-refractivity contribution >= 4 is 28.5 Å². The zero-order chi connectivity index (χ0) is 20.6. The first kappa shape index (κ1) is 20.1. The number of amides is 1. The molecule has 0 aliphatic rings. The highest BCUT2D eigenvalue weighted by molar-refractivity contribution is 5.94. The summed E-state index contributed by atoms with van der Waals surface area (Å²) in [6.07, 6.45) is 0.579. The van der Waals surface area contributed by atoms with Crippen LogP contribution in [0.2, 0.25) is 0 Å². The monoisotopic (exact) mass is 394 g/mol. The minimum Gasteiger partial charge on any atom is -0.497 e. The molecular weight excluding hydrogens is 372 g/mol. The quantitative estimate of drug-likeness (QED) is 0.590. The van der Waals surface area contributed by atoms with Crippen LogP contribution in [0.3, 0.4) is 0 Å². The van der Waals surface area contributed by atoms with Gasteiger partial charge in [-0.2, -0.15) is 0 Å². The number of hydrogen-bond acceptors (Lipinski definition) is 6. The second-order valence-electron chi connectivity index (χ2n) is 6.27. The van der Waals surface area contributed by atoms with Crippen molar-refractivity contribution in [3.63, 3.8) is 0 Å². The summed E-state index contributed by atoms with van der Waals surface area (Å²) in [7, 11) is 3.03. The third-order valence-electron chi connectivity index (χ3n) is 4.29. The maximum Gasteiger partial charge on any atom is 0.306 e. The van der Waals surface area contributed by atoms with Gasteiger partial charge in [0.1, 0.15) is 11.5 Å². The summed E-state index contributed by atoms with van der Waals surface area (Å²) < 4.78 is 15.4. The van der Waals surface area contributed by atoms with Crippen molar-refractivity contribution in [3.05, 3.63) is 60.3 Å². The molecule has 0 saturated heterocycles. The van der Waals surface area contributed by atoms with Gasteiger partial charge in [-0.3, -0.25) is 14.6 Å². The Morgan fingerprint density at radius 2 is 1.83 bits per heavy atom. The predicted molar refractivity (Wildman–Crippen MR) is 109 cm³/mol. The third kappa shape index (κ3) is 5.44. The first-order valence-electron chi connectivity index (χ1n) is 9.11. The number of nitrogens with zero attached hydrogens (tertiary/aromatic N) is 1. The molecule has 1 amide bonds.